The van der Waals surface area contributed by atoms with Crippen LogP contribution in [0.4, 0.5) is 0 Å². The molecular weight excluding hydrogens is 208 g/mol. The highest BCUT2D eigenvalue weighted by molar-refractivity contribution is 6.03. The van der Waals surface area contributed by atoms with Crippen LogP contribution in [0.25, 0.3) is 21.5 Å². The van der Waals surface area contributed by atoms with Gasteiger partial charge in [0.15, 0.2) is 0 Å². The van der Waals surface area contributed by atoms with Crippen molar-refractivity contribution < 1.29 is 5.11 Å². The van der Waals surface area contributed by atoms with E-state index in [1.165, 1.54) is 21.7 Å². The van der Waals surface area contributed by atoms with Gasteiger partial charge in [0.2, 0.25) is 0 Å². The summed E-state index contributed by atoms with van der Waals surface area (Å²) in [6, 6.07) is 16.7. The van der Waals surface area contributed by atoms with Crippen LogP contribution >= 0.6 is 0 Å². The van der Waals surface area contributed by atoms with E-state index in [0.717, 1.165) is 10.9 Å². The van der Waals surface area contributed by atoms with E-state index in [4.69, 9.17) is 0 Å². The maximum atomic E-state index is 9.40. The summed E-state index contributed by atoms with van der Waals surface area (Å²) in [5.41, 5.74) is 2.28. The van der Waals surface area contributed by atoms with Gasteiger partial charge in [0.25, 0.3) is 0 Å². The SMILES string of the molecule is Cc1c2ccccc2cc2c(CO)cccc12. The maximum Gasteiger partial charge on any atom is 0.0687 e. The van der Waals surface area contributed by atoms with Crippen molar-refractivity contribution in [2.45, 2.75) is 13.5 Å². The van der Waals surface area contributed by atoms with Crippen LogP contribution in [0.15, 0.2) is 48.5 Å². The van der Waals surface area contributed by atoms with Crippen LogP contribution in [0.3, 0.4) is 0 Å². The van der Waals surface area contributed by atoms with Crippen LogP contribution in [0.2, 0.25) is 0 Å². The molecule has 0 aliphatic carbocycles. The highest BCUT2D eigenvalue weighted by atomic mass is 16.3. The Morgan fingerprint density at radius 1 is 0.882 bits per heavy atom. The minimum atomic E-state index is 0.0924. The van der Waals surface area contributed by atoms with Gasteiger partial charge in [-0.15, -0.1) is 0 Å². The molecule has 0 saturated heterocycles. The molecule has 0 atom stereocenters. The Labute approximate surface area is 100 Å². The zero-order valence-electron chi connectivity index (χ0n) is 9.77. The van der Waals surface area contributed by atoms with Crippen molar-refractivity contribution in [1.82, 2.24) is 0 Å². The molecule has 0 aromatic heterocycles. The van der Waals surface area contributed by atoms with Crippen molar-refractivity contribution in [1.29, 1.82) is 0 Å². The van der Waals surface area contributed by atoms with E-state index in [9.17, 15) is 5.11 Å². The van der Waals surface area contributed by atoms with E-state index in [-0.39, 0.29) is 6.61 Å². The molecule has 84 valence electrons. The fourth-order valence-electron chi connectivity index (χ4n) is 2.51. The summed E-state index contributed by atoms with van der Waals surface area (Å²) in [7, 11) is 0. The van der Waals surface area contributed by atoms with E-state index < -0.39 is 0 Å². The van der Waals surface area contributed by atoms with Crippen molar-refractivity contribution in [3.63, 3.8) is 0 Å². The Hall–Kier alpha value is -1.86. The second-order valence-electron chi connectivity index (χ2n) is 4.39. The minimum absolute atomic E-state index is 0.0924. The van der Waals surface area contributed by atoms with Gasteiger partial charge in [-0.25, -0.2) is 0 Å². The van der Waals surface area contributed by atoms with Crippen LogP contribution < -0.4 is 0 Å². The minimum Gasteiger partial charge on any atom is -0.392 e. The van der Waals surface area contributed by atoms with Crippen molar-refractivity contribution in [3.05, 3.63) is 59.7 Å². The van der Waals surface area contributed by atoms with E-state index in [2.05, 4.69) is 43.3 Å². The monoisotopic (exact) mass is 222 g/mol. The number of fused-ring (bicyclic) bond motifs is 2. The van der Waals surface area contributed by atoms with Crippen LogP contribution in [0.1, 0.15) is 11.1 Å². The molecule has 0 bridgehead atoms. The van der Waals surface area contributed by atoms with Crippen molar-refractivity contribution in [3.8, 4) is 0 Å². The predicted octanol–water partition coefficient (Wildman–Crippen LogP) is 3.79. The van der Waals surface area contributed by atoms with E-state index >= 15 is 0 Å². The lowest BCUT2D eigenvalue weighted by Crippen LogP contribution is -1.89. The van der Waals surface area contributed by atoms with Gasteiger partial charge in [0.05, 0.1) is 6.61 Å². The molecule has 0 aliphatic rings. The molecule has 3 aromatic carbocycles. The lowest BCUT2D eigenvalue weighted by Gasteiger charge is -2.10. The molecule has 0 heterocycles. The number of aliphatic hydroxyl groups excluding tert-OH is 1. The fourth-order valence-corrected chi connectivity index (χ4v) is 2.51. The van der Waals surface area contributed by atoms with Gasteiger partial charge < -0.3 is 5.11 Å². The van der Waals surface area contributed by atoms with Crippen molar-refractivity contribution in [2.75, 3.05) is 0 Å². The van der Waals surface area contributed by atoms with Gasteiger partial charge in [-0.1, -0.05) is 42.5 Å². The standard InChI is InChI=1S/C16H14O/c1-11-14-7-3-2-5-12(14)9-16-13(10-17)6-4-8-15(11)16/h2-9,17H,10H2,1H3. The summed E-state index contributed by atoms with van der Waals surface area (Å²) in [5.74, 6) is 0. The lowest BCUT2D eigenvalue weighted by molar-refractivity contribution is 0.283. The van der Waals surface area contributed by atoms with E-state index in [0.29, 0.717) is 0 Å². The third kappa shape index (κ3) is 1.51. The van der Waals surface area contributed by atoms with Gasteiger partial charge in [0, 0.05) is 0 Å². The van der Waals surface area contributed by atoms with Gasteiger partial charge in [-0.05, 0) is 45.7 Å². The quantitative estimate of drug-likeness (QED) is 0.621. The molecule has 3 aromatic rings. The average Bonchev–Trinajstić information content (AvgIpc) is 2.38. The van der Waals surface area contributed by atoms with Gasteiger partial charge >= 0.3 is 0 Å². The maximum absolute atomic E-state index is 9.40. The van der Waals surface area contributed by atoms with Gasteiger partial charge in [0.1, 0.15) is 0 Å². The van der Waals surface area contributed by atoms with Crippen molar-refractivity contribution in [2.24, 2.45) is 0 Å². The van der Waals surface area contributed by atoms with E-state index in [1.807, 2.05) is 12.1 Å². The smallest absolute Gasteiger partial charge is 0.0687 e. The number of benzene rings is 3. The number of hydrogen-bond donors (Lipinski definition) is 1. The topological polar surface area (TPSA) is 20.2 Å². The molecule has 1 N–H and O–H groups in total. The Balaban J connectivity index is 2.54. The highest BCUT2D eigenvalue weighted by Crippen LogP contribution is 2.29. The molecule has 0 radical (unpaired) electrons. The summed E-state index contributed by atoms with van der Waals surface area (Å²) in [4.78, 5) is 0. The summed E-state index contributed by atoms with van der Waals surface area (Å²) in [6.45, 7) is 2.24. The molecule has 0 saturated carbocycles. The normalized spacial score (nSPS) is 11.2. The first-order valence-electron chi connectivity index (χ1n) is 5.82. The highest BCUT2D eigenvalue weighted by Gasteiger charge is 2.06. The third-order valence-corrected chi connectivity index (χ3v) is 3.44. The average molecular weight is 222 g/mol. The van der Waals surface area contributed by atoms with Crippen LogP contribution in [-0.2, 0) is 6.61 Å². The summed E-state index contributed by atoms with van der Waals surface area (Å²) in [6.07, 6.45) is 0. The molecule has 3 rings (SSSR count). The fraction of sp³-hybridized carbons (Fsp3) is 0.125. The van der Waals surface area contributed by atoms with E-state index in [1.54, 1.807) is 0 Å². The second kappa shape index (κ2) is 3.86. The Morgan fingerprint density at radius 2 is 1.65 bits per heavy atom. The zero-order chi connectivity index (χ0) is 11.8. The molecule has 1 nitrogen and oxygen atoms in total. The first-order chi connectivity index (χ1) is 8.31. The number of aliphatic hydroxyl groups is 1. The predicted molar refractivity (Wildman–Crippen MR) is 72.1 cm³/mol. The van der Waals surface area contributed by atoms with Gasteiger partial charge in [-0.3, -0.25) is 0 Å². The lowest BCUT2D eigenvalue weighted by atomic mass is 9.95. The summed E-state index contributed by atoms with van der Waals surface area (Å²) >= 11 is 0. The molecule has 0 fully saturated rings. The summed E-state index contributed by atoms with van der Waals surface area (Å²) in [5, 5.41) is 14.3. The first kappa shape index (κ1) is 10.3. The Bertz CT molecular complexity index is 698. The molecule has 0 aliphatic heterocycles. The van der Waals surface area contributed by atoms with Crippen LogP contribution in [-0.4, -0.2) is 5.11 Å². The molecule has 1 heteroatoms. The van der Waals surface area contributed by atoms with Crippen molar-refractivity contribution >= 4 is 21.5 Å². The van der Waals surface area contributed by atoms with Gasteiger partial charge in [-0.2, -0.15) is 0 Å². The molecule has 0 unspecified atom stereocenters. The zero-order valence-corrected chi connectivity index (χ0v) is 9.77. The third-order valence-electron chi connectivity index (χ3n) is 3.44. The summed E-state index contributed by atoms with van der Waals surface area (Å²) < 4.78 is 0. The van der Waals surface area contributed by atoms with Crippen LogP contribution in [0, 0.1) is 6.92 Å². The number of aryl methyl sites for hydroxylation is 1. The Kier molecular flexibility index (Phi) is 2.34. The largest absolute Gasteiger partial charge is 0.392 e. The number of hydrogen-bond acceptors (Lipinski definition) is 1. The molecular formula is C16H14O. The second-order valence-corrected chi connectivity index (χ2v) is 4.39. The Morgan fingerprint density at radius 3 is 2.47 bits per heavy atom. The first-order valence-corrected chi connectivity index (χ1v) is 5.82. The number of rotatable bonds is 1. The molecule has 0 spiro atoms. The molecule has 0 amide bonds. The van der Waals surface area contributed by atoms with Crippen LogP contribution in [0.5, 0.6) is 0 Å². The molecule has 17 heavy (non-hydrogen) atoms.